The molecule has 1 rings (SSSR count). The van der Waals surface area contributed by atoms with Crippen molar-refractivity contribution in [3.63, 3.8) is 0 Å². The zero-order valence-electron chi connectivity index (χ0n) is 11.8. The lowest BCUT2D eigenvalue weighted by molar-refractivity contribution is -0.122. The maximum atomic E-state index is 11.7. The standard InChI is InChI=1S/C15H19N3OS/c1-12(2)14(19)17-15(20)18(10-6-9-16)11-13-7-4-3-5-8-13/h3-5,7-8,12H,6,10-11H2,1-2H3,(H,17,19,20). The van der Waals surface area contributed by atoms with Crippen LogP contribution >= 0.6 is 12.2 Å². The van der Waals surface area contributed by atoms with Crippen molar-refractivity contribution in [1.82, 2.24) is 10.2 Å². The van der Waals surface area contributed by atoms with Gasteiger partial charge in [-0.25, -0.2) is 0 Å². The summed E-state index contributed by atoms with van der Waals surface area (Å²) >= 11 is 5.27. The van der Waals surface area contributed by atoms with Gasteiger partial charge in [-0.3, -0.25) is 4.79 Å². The van der Waals surface area contributed by atoms with Crippen LogP contribution in [0.25, 0.3) is 0 Å². The maximum Gasteiger partial charge on any atom is 0.228 e. The third kappa shape index (κ3) is 5.37. The van der Waals surface area contributed by atoms with E-state index in [9.17, 15) is 4.79 Å². The van der Waals surface area contributed by atoms with E-state index in [1.165, 1.54) is 0 Å². The van der Waals surface area contributed by atoms with Gasteiger partial charge in [-0.2, -0.15) is 5.26 Å². The number of benzene rings is 1. The van der Waals surface area contributed by atoms with Gasteiger partial charge < -0.3 is 10.2 Å². The number of amides is 1. The number of nitrogens with zero attached hydrogens (tertiary/aromatic N) is 2. The lowest BCUT2D eigenvalue weighted by Gasteiger charge is -2.25. The number of thiocarbonyl (C=S) groups is 1. The molecule has 0 aliphatic heterocycles. The minimum absolute atomic E-state index is 0.106. The molecule has 0 fully saturated rings. The summed E-state index contributed by atoms with van der Waals surface area (Å²) in [5.74, 6) is -0.229. The van der Waals surface area contributed by atoms with E-state index in [-0.39, 0.29) is 11.8 Å². The molecule has 1 aromatic carbocycles. The van der Waals surface area contributed by atoms with Crippen molar-refractivity contribution in [2.75, 3.05) is 6.54 Å². The van der Waals surface area contributed by atoms with E-state index in [0.29, 0.717) is 24.6 Å². The highest BCUT2D eigenvalue weighted by molar-refractivity contribution is 7.80. The average Bonchev–Trinajstić information content (AvgIpc) is 2.44. The quantitative estimate of drug-likeness (QED) is 0.846. The Balaban J connectivity index is 2.71. The van der Waals surface area contributed by atoms with Gasteiger partial charge in [0.25, 0.3) is 0 Å². The van der Waals surface area contributed by atoms with Crippen LogP contribution in [0.5, 0.6) is 0 Å². The number of carbonyl (C=O) groups is 1. The molecular formula is C15H19N3OS. The summed E-state index contributed by atoms with van der Waals surface area (Å²) in [4.78, 5) is 13.5. The fraction of sp³-hybridized carbons (Fsp3) is 0.400. The SMILES string of the molecule is CC(C)C(=O)NC(=S)N(CCC#N)Cc1ccccc1. The molecule has 0 spiro atoms. The van der Waals surface area contributed by atoms with E-state index in [4.69, 9.17) is 17.5 Å². The first-order valence-electron chi connectivity index (χ1n) is 6.55. The van der Waals surface area contributed by atoms with Gasteiger partial charge in [0.1, 0.15) is 0 Å². The molecule has 4 nitrogen and oxygen atoms in total. The molecule has 0 atom stereocenters. The zero-order chi connectivity index (χ0) is 15.0. The molecule has 5 heteroatoms. The van der Waals surface area contributed by atoms with Crippen molar-refractivity contribution in [2.24, 2.45) is 5.92 Å². The maximum absolute atomic E-state index is 11.7. The van der Waals surface area contributed by atoms with Crippen molar-refractivity contribution >= 4 is 23.2 Å². The molecule has 20 heavy (non-hydrogen) atoms. The number of carbonyl (C=O) groups excluding carboxylic acids is 1. The van der Waals surface area contributed by atoms with Crippen molar-refractivity contribution in [3.05, 3.63) is 35.9 Å². The number of nitrogens with one attached hydrogen (secondary N) is 1. The van der Waals surface area contributed by atoms with Crippen LogP contribution in [0.3, 0.4) is 0 Å². The highest BCUT2D eigenvalue weighted by Gasteiger charge is 2.14. The van der Waals surface area contributed by atoms with Crippen LogP contribution in [0.15, 0.2) is 30.3 Å². The van der Waals surface area contributed by atoms with Crippen LogP contribution in [0.1, 0.15) is 25.8 Å². The molecule has 0 heterocycles. The van der Waals surface area contributed by atoms with Crippen LogP contribution in [0.4, 0.5) is 0 Å². The average molecular weight is 289 g/mol. The summed E-state index contributed by atoms with van der Waals surface area (Å²) < 4.78 is 0. The minimum atomic E-state index is -0.123. The molecule has 0 aliphatic carbocycles. The van der Waals surface area contributed by atoms with Gasteiger partial charge in [-0.15, -0.1) is 0 Å². The molecule has 0 radical (unpaired) electrons. The van der Waals surface area contributed by atoms with E-state index in [1.54, 1.807) is 0 Å². The van der Waals surface area contributed by atoms with E-state index >= 15 is 0 Å². The smallest absolute Gasteiger partial charge is 0.228 e. The van der Waals surface area contributed by atoms with Gasteiger partial charge in [-0.05, 0) is 17.8 Å². The lowest BCUT2D eigenvalue weighted by atomic mass is 10.2. The first-order chi connectivity index (χ1) is 9.54. The molecule has 0 aliphatic rings. The molecule has 0 aromatic heterocycles. The summed E-state index contributed by atoms with van der Waals surface area (Å²) in [7, 11) is 0. The van der Waals surface area contributed by atoms with Crippen LogP contribution < -0.4 is 5.32 Å². The Hall–Kier alpha value is -1.93. The summed E-state index contributed by atoms with van der Waals surface area (Å²) in [5.41, 5.74) is 1.09. The van der Waals surface area contributed by atoms with Gasteiger partial charge >= 0.3 is 0 Å². The van der Waals surface area contributed by atoms with Gasteiger partial charge in [0.15, 0.2) is 5.11 Å². The summed E-state index contributed by atoms with van der Waals surface area (Å²) in [5, 5.41) is 11.8. The molecule has 1 aromatic rings. The molecular weight excluding hydrogens is 270 g/mol. The van der Waals surface area contributed by atoms with Crippen LogP contribution in [-0.2, 0) is 11.3 Å². The molecule has 0 saturated carbocycles. The Morgan fingerprint density at radius 1 is 1.40 bits per heavy atom. The summed E-state index contributed by atoms with van der Waals surface area (Å²) in [6.07, 6.45) is 0.366. The van der Waals surface area contributed by atoms with Crippen molar-refractivity contribution < 1.29 is 4.79 Å². The molecule has 0 saturated heterocycles. The second-order valence-corrected chi connectivity index (χ2v) is 5.15. The predicted molar refractivity (Wildman–Crippen MR) is 82.7 cm³/mol. The zero-order valence-corrected chi connectivity index (χ0v) is 12.6. The third-order valence-electron chi connectivity index (χ3n) is 2.75. The van der Waals surface area contributed by atoms with Gasteiger partial charge in [-0.1, -0.05) is 44.2 Å². The first-order valence-corrected chi connectivity index (χ1v) is 6.96. The van der Waals surface area contributed by atoms with Crippen molar-refractivity contribution in [3.8, 4) is 6.07 Å². The predicted octanol–water partition coefficient (Wildman–Crippen LogP) is 2.46. The Labute approximate surface area is 125 Å². The Morgan fingerprint density at radius 2 is 2.05 bits per heavy atom. The molecule has 1 amide bonds. The van der Waals surface area contributed by atoms with Crippen LogP contribution in [0, 0.1) is 17.2 Å². The Bertz CT molecular complexity index is 494. The van der Waals surface area contributed by atoms with E-state index in [0.717, 1.165) is 5.56 Å². The number of hydrogen-bond donors (Lipinski definition) is 1. The molecule has 0 unspecified atom stereocenters. The minimum Gasteiger partial charge on any atom is -0.344 e. The monoisotopic (exact) mass is 289 g/mol. The number of hydrogen-bond acceptors (Lipinski definition) is 3. The topological polar surface area (TPSA) is 56.1 Å². The summed E-state index contributed by atoms with van der Waals surface area (Å²) in [6.45, 7) is 4.71. The molecule has 106 valence electrons. The van der Waals surface area contributed by atoms with Crippen LogP contribution in [0.2, 0.25) is 0 Å². The highest BCUT2D eigenvalue weighted by Crippen LogP contribution is 2.06. The lowest BCUT2D eigenvalue weighted by Crippen LogP contribution is -2.44. The highest BCUT2D eigenvalue weighted by atomic mass is 32.1. The first kappa shape index (κ1) is 16.1. The van der Waals surface area contributed by atoms with Gasteiger partial charge in [0, 0.05) is 19.0 Å². The number of rotatable bonds is 5. The Kier molecular flexibility index (Phi) is 6.68. The number of nitriles is 1. The second kappa shape index (κ2) is 8.28. The summed E-state index contributed by atoms with van der Waals surface area (Å²) in [6, 6.07) is 11.9. The van der Waals surface area contributed by atoms with Gasteiger partial charge in [0.05, 0.1) is 12.5 Å². The van der Waals surface area contributed by atoms with Crippen molar-refractivity contribution in [1.29, 1.82) is 5.26 Å². The fourth-order valence-corrected chi connectivity index (χ4v) is 1.83. The van der Waals surface area contributed by atoms with Crippen molar-refractivity contribution in [2.45, 2.75) is 26.8 Å². The Morgan fingerprint density at radius 3 is 2.60 bits per heavy atom. The van der Waals surface area contributed by atoms with E-state index in [2.05, 4.69) is 11.4 Å². The van der Waals surface area contributed by atoms with E-state index < -0.39 is 0 Å². The normalized spacial score (nSPS) is 9.90. The fourth-order valence-electron chi connectivity index (χ4n) is 1.57. The molecule has 1 N–H and O–H groups in total. The van der Waals surface area contributed by atoms with Crippen LogP contribution in [-0.4, -0.2) is 22.5 Å². The third-order valence-corrected chi connectivity index (χ3v) is 3.11. The van der Waals surface area contributed by atoms with E-state index in [1.807, 2.05) is 49.1 Å². The molecule has 0 bridgehead atoms. The van der Waals surface area contributed by atoms with Gasteiger partial charge in [0.2, 0.25) is 5.91 Å². The second-order valence-electron chi connectivity index (χ2n) is 4.76. The largest absolute Gasteiger partial charge is 0.344 e.